The highest BCUT2D eigenvalue weighted by atomic mass is 16.9. The van der Waals surface area contributed by atoms with E-state index in [2.05, 4.69) is 27.7 Å². The SMILES string of the molecule is CCCCC12OCC(C(C)(C)C)(CO1)CO2. The van der Waals surface area contributed by atoms with E-state index in [-0.39, 0.29) is 10.8 Å². The first kappa shape index (κ1) is 12.3. The van der Waals surface area contributed by atoms with E-state index < -0.39 is 5.97 Å². The monoisotopic (exact) mass is 228 g/mol. The molecule has 0 spiro atoms. The van der Waals surface area contributed by atoms with Crippen molar-refractivity contribution in [1.82, 2.24) is 0 Å². The second-order valence-corrected chi connectivity index (χ2v) is 6.18. The fraction of sp³-hybridized carbons (Fsp3) is 1.00. The molecule has 3 aliphatic heterocycles. The highest BCUT2D eigenvalue weighted by Gasteiger charge is 2.56. The van der Waals surface area contributed by atoms with Gasteiger partial charge in [0.1, 0.15) is 0 Å². The van der Waals surface area contributed by atoms with Crippen molar-refractivity contribution in [3.05, 3.63) is 0 Å². The van der Waals surface area contributed by atoms with Gasteiger partial charge in [0.25, 0.3) is 5.97 Å². The predicted molar refractivity (Wildman–Crippen MR) is 62.0 cm³/mol. The zero-order valence-corrected chi connectivity index (χ0v) is 11.0. The van der Waals surface area contributed by atoms with Crippen LogP contribution in [0.2, 0.25) is 0 Å². The third kappa shape index (κ3) is 1.89. The average Bonchev–Trinajstić information content (AvgIpc) is 2.28. The molecule has 3 rings (SSSR count). The molecule has 0 aliphatic carbocycles. The first-order valence-electron chi connectivity index (χ1n) is 6.35. The minimum Gasteiger partial charge on any atom is -0.327 e. The van der Waals surface area contributed by atoms with Gasteiger partial charge in [-0.05, 0) is 11.8 Å². The van der Waals surface area contributed by atoms with Crippen molar-refractivity contribution in [1.29, 1.82) is 0 Å². The molecule has 0 aromatic carbocycles. The van der Waals surface area contributed by atoms with E-state index in [1.807, 2.05) is 0 Å². The third-order valence-corrected chi connectivity index (χ3v) is 4.13. The Morgan fingerprint density at radius 1 is 1.00 bits per heavy atom. The zero-order valence-electron chi connectivity index (χ0n) is 11.0. The second kappa shape index (κ2) is 3.97. The van der Waals surface area contributed by atoms with Gasteiger partial charge in [0.2, 0.25) is 0 Å². The lowest BCUT2D eigenvalue weighted by molar-refractivity contribution is -0.480. The van der Waals surface area contributed by atoms with Crippen LogP contribution in [0.4, 0.5) is 0 Å². The highest BCUT2D eigenvalue weighted by Crippen LogP contribution is 2.49. The van der Waals surface area contributed by atoms with E-state index in [1.54, 1.807) is 0 Å². The van der Waals surface area contributed by atoms with Gasteiger partial charge in [-0.3, -0.25) is 0 Å². The zero-order chi connectivity index (χ0) is 11.9. The topological polar surface area (TPSA) is 27.7 Å². The van der Waals surface area contributed by atoms with Crippen LogP contribution < -0.4 is 0 Å². The molecule has 0 aromatic rings. The smallest absolute Gasteiger partial charge is 0.282 e. The van der Waals surface area contributed by atoms with Crippen LogP contribution >= 0.6 is 0 Å². The molecule has 94 valence electrons. The van der Waals surface area contributed by atoms with Crippen LogP contribution in [0.15, 0.2) is 0 Å². The van der Waals surface area contributed by atoms with E-state index >= 15 is 0 Å². The standard InChI is InChI=1S/C13H24O3/c1-5-6-7-13-14-8-12(9-15-13,10-16-13)11(2,3)4/h5-10H2,1-4H3. The number of hydrogen-bond donors (Lipinski definition) is 0. The number of fused-ring (bicyclic) bond motifs is 3. The van der Waals surface area contributed by atoms with E-state index in [1.165, 1.54) is 0 Å². The molecule has 0 amide bonds. The fourth-order valence-corrected chi connectivity index (χ4v) is 2.25. The van der Waals surface area contributed by atoms with Crippen molar-refractivity contribution in [2.45, 2.75) is 52.9 Å². The maximum Gasteiger partial charge on any atom is 0.282 e. The molecule has 3 nitrogen and oxygen atoms in total. The lowest BCUT2D eigenvalue weighted by Gasteiger charge is -2.56. The summed E-state index contributed by atoms with van der Waals surface area (Å²) in [5, 5.41) is 0. The van der Waals surface area contributed by atoms with E-state index in [0.717, 1.165) is 39.1 Å². The molecule has 3 aliphatic rings. The molecule has 0 unspecified atom stereocenters. The normalized spacial score (nSPS) is 39.0. The molecule has 0 atom stereocenters. The quantitative estimate of drug-likeness (QED) is 0.743. The van der Waals surface area contributed by atoms with Crippen LogP contribution in [-0.4, -0.2) is 25.8 Å². The Balaban J connectivity index is 2.03. The molecule has 3 heteroatoms. The summed E-state index contributed by atoms with van der Waals surface area (Å²) < 4.78 is 17.6. The Kier molecular flexibility index (Phi) is 3.06. The molecule has 0 aromatic heterocycles. The molecule has 3 saturated heterocycles. The molecule has 0 saturated carbocycles. The number of ether oxygens (including phenoxy) is 3. The van der Waals surface area contributed by atoms with Gasteiger partial charge in [-0.1, -0.05) is 34.1 Å². The minimum atomic E-state index is -0.719. The lowest BCUT2D eigenvalue weighted by atomic mass is 9.67. The Bertz CT molecular complexity index is 230. The van der Waals surface area contributed by atoms with Crippen LogP contribution in [0.5, 0.6) is 0 Å². The van der Waals surface area contributed by atoms with Crippen molar-refractivity contribution in [2.75, 3.05) is 19.8 Å². The van der Waals surface area contributed by atoms with Crippen LogP contribution in [-0.2, 0) is 14.2 Å². The summed E-state index contributed by atoms with van der Waals surface area (Å²) in [6.45, 7) is 11.1. The summed E-state index contributed by atoms with van der Waals surface area (Å²) in [6.07, 6.45) is 3.08. The Morgan fingerprint density at radius 2 is 1.50 bits per heavy atom. The van der Waals surface area contributed by atoms with Crippen LogP contribution in [0.1, 0.15) is 47.0 Å². The number of unbranched alkanes of at least 4 members (excludes halogenated alkanes) is 1. The maximum atomic E-state index is 5.85. The molecule has 0 N–H and O–H groups in total. The molecule has 3 fully saturated rings. The van der Waals surface area contributed by atoms with Gasteiger partial charge in [0, 0.05) is 11.8 Å². The largest absolute Gasteiger partial charge is 0.327 e. The fourth-order valence-electron chi connectivity index (χ4n) is 2.25. The molecular weight excluding hydrogens is 204 g/mol. The van der Waals surface area contributed by atoms with E-state index in [4.69, 9.17) is 14.2 Å². The van der Waals surface area contributed by atoms with Crippen molar-refractivity contribution in [2.24, 2.45) is 10.8 Å². The second-order valence-electron chi connectivity index (χ2n) is 6.18. The summed E-state index contributed by atoms with van der Waals surface area (Å²) in [4.78, 5) is 0. The van der Waals surface area contributed by atoms with Crippen LogP contribution in [0.25, 0.3) is 0 Å². The number of rotatable bonds is 3. The lowest BCUT2D eigenvalue weighted by Crippen LogP contribution is -2.64. The van der Waals surface area contributed by atoms with Crippen molar-refractivity contribution in [3.63, 3.8) is 0 Å². The van der Waals surface area contributed by atoms with E-state index in [9.17, 15) is 0 Å². The average molecular weight is 228 g/mol. The molecule has 0 radical (unpaired) electrons. The molecule has 2 bridgehead atoms. The summed E-state index contributed by atoms with van der Waals surface area (Å²) >= 11 is 0. The Labute approximate surface area is 98.4 Å². The summed E-state index contributed by atoms with van der Waals surface area (Å²) in [5.74, 6) is -0.719. The number of hydrogen-bond acceptors (Lipinski definition) is 3. The van der Waals surface area contributed by atoms with Gasteiger partial charge < -0.3 is 14.2 Å². The van der Waals surface area contributed by atoms with E-state index in [0.29, 0.717) is 0 Å². The molecular formula is C13H24O3. The first-order chi connectivity index (χ1) is 7.43. The van der Waals surface area contributed by atoms with Gasteiger partial charge in [-0.25, -0.2) is 0 Å². The van der Waals surface area contributed by atoms with Crippen LogP contribution in [0, 0.1) is 10.8 Å². The van der Waals surface area contributed by atoms with Gasteiger partial charge in [0.05, 0.1) is 19.8 Å². The van der Waals surface area contributed by atoms with Crippen molar-refractivity contribution in [3.8, 4) is 0 Å². The molecule has 16 heavy (non-hydrogen) atoms. The van der Waals surface area contributed by atoms with Crippen molar-refractivity contribution >= 4 is 0 Å². The highest BCUT2D eigenvalue weighted by molar-refractivity contribution is 4.96. The van der Waals surface area contributed by atoms with Gasteiger partial charge in [-0.2, -0.15) is 0 Å². The summed E-state index contributed by atoms with van der Waals surface area (Å²) in [7, 11) is 0. The van der Waals surface area contributed by atoms with Crippen LogP contribution in [0.3, 0.4) is 0 Å². The summed E-state index contributed by atoms with van der Waals surface area (Å²) in [6, 6.07) is 0. The van der Waals surface area contributed by atoms with Crippen molar-refractivity contribution < 1.29 is 14.2 Å². The third-order valence-electron chi connectivity index (χ3n) is 4.13. The summed E-state index contributed by atoms with van der Waals surface area (Å²) in [5.41, 5.74) is 0.186. The minimum absolute atomic E-state index is 0.0287. The Hall–Kier alpha value is -0.120. The maximum absolute atomic E-state index is 5.85. The predicted octanol–water partition coefficient (Wildman–Crippen LogP) is 2.94. The molecule has 3 heterocycles. The van der Waals surface area contributed by atoms with Gasteiger partial charge in [0.15, 0.2) is 0 Å². The Morgan fingerprint density at radius 3 is 1.88 bits per heavy atom. The van der Waals surface area contributed by atoms with Gasteiger partial charge >= 0.3 is 0 Å². The van der Waals surface area contributed by atoms with Gasteiger partial charge in [-0.15, -0.1) is 0 Å². The first-order valence-corrected chi connectivity index (χ1v) is 6.35.